The number of benzene rings is 2. The number of aliphatic hydroxyl groups is 1. The summed E-state index contributed by atoms with van der Waals surface area (Å²) in [6.45, 7) is 8.43. The lowest BCUT2D eigenvalue weighted by molar-refractivity contribution is 0.181. The van der Waals surface area contributed by atoms with E-state index in [1.54, 1.807) is 12.1 Å². The van der Waals surface area contributed by atoms with Crippen LogP contribution < -0.4 is 4.90 Å². The average Bonchev–Trinajstić information content (AvgIpc) is 2.64. The van der Waals surface area contributed by atoms with E-state index in [4.69, 9.17) is 23.2 Å². The van der Waals surface area contributed by atoms with Gasteiger partial charge in [-0.05, 0) is 36.9 Å². The number of anilines is 1. The molecule has 0 radical (unpaired) electrons. The molecule has 3 nitrogen and oxygen atoms in total. The van der Waals surface area contributed by atoms with Crippen LogP contribution in [0.25, 0.3) is 0 Å². The molecule has 0 aliphatic carbocycles. The van der Waals surface area contributed by atoms with Crippen LogP contribution in [0.5, 0.6) is 0 Å². The standard InChI is InChI=1S/C20H26Cl2N2O/c1-3-23(4-2)12-13-24(19-14-17(21)10-11-18(19)22)15-20(25)16-8-6-5-7-9-16/h5-11,14,20,25H,3-4,12-13,15H2,1-2H3/t20-/m1/s1. The zero-order valence-corrected chi connectivity index (χ0v) is 16.3. The van der Waals surface area contributed by atoms with E-state index in [1.807, 2.05) is 36.4 Å². The van der Waals surface area contributed by atoms with E-state index in [1.165, 1.54) is 0 Å². The Kier molecular flexibility index (Phi) is 8.04. The number of hydrogen-bond donors (Lipinski definition) is 1. The molecule has 0 bridgehead atoms. The Labute approximate surface area is 160 Å². The summed E-state index contributed by atoms with van der Waals surface area (Å²) < 4.78 is 0. The van der Waals surface area contributed by atoms with Crippen molar-refractivity contribution in [3.8, 4) is 0 Å². The minimum absolute atomic E-state index is 0.464. The Bertz CT molecular complexity index is 647. The normalized spacial score (nSPS) is 12.4. The second kappa shape index (κ2) is 10.0. The summed E-state index contributed by atoms with van der Waals surface area (Å²) in [6.07, 6.45) is -0.590. The lowest BCUT2D eigenvalue weighted by Crippen LogP contribution is -2.37. The fraction of sp³-hybridized carbons (Fsp3) is 0.400. The molecule has 5 heteroatoms. The fourth-order valence-corrected chi connectivity index (χ4v) is 3.23. The van der Waals surface area contributed by atoms with E-state index in [0.717, 1.165) is 37.4 Å². The van der Waals surface area contributed by atoms with Crippen molar-refractivity contribution in [2.24, 2.45) is 0 Å². The van der Waals surface area contributed by atoms with E-state index < -0.39 is 6.10 Å². The predicted octanol–water partition coefficient (Wildman–Crippen LogP) is 4.88. The highest BCUT2D eigenvalue weighted by molar-refractivity contribution is 6.35. The van der Waals surface area contributed by atoms with E-state index >= 15 is 0 Å². The molecule has 0 fully saturated rings. The van der Waals surface area contributed by atoms with Gasteiger partial charge in [0, 0.05) is 24.7 Å². The summed E-state index contributed by atoms with van der Waals surface area (Å²) in [7, 11) is 0. The SMILES string of the molecule is CCN(CC)CCN(C[C@@H](O)c1ccccc1)c1cc(Cl)ccc1Cl. The van der Waals surface area contributed by atoms with Crippen LogP contribution in [-0.4, -0.2) is 42.7 Å². The molecule has 1 N–H and O–H groups in total. The van der Waals surface area contributed by atoms with Crippen molar-refractivity contribution in [2.75, 3.05) is 37.6 Å². The summed E-state index contributed by atoms with van der Waals surface area (Å²) in [5.41, 5.74) is 1.75. The molecular formula is C20H26Cl2N2O. The second-order valence-corrected chi connectivity index (χ2v) is 6.84. The Morgan fingerprint density at radius 1 is 0.960 bits per heavy atom. The smallest absolute Gasteiger partial charge is 0.0964 e. The lowest BCUT2D eigenvalue weighted by atomic mass is 10.1. The van der Waals surface area contributed by atoms with Gasteiger partial charge < -0.3 is 14.9 Å². The molecule has 0 saturated carbocycles. The Morgan fingerprint density at radius 3 is 2.28 bits per heavy atom. The first-order valence-electron chi connectivity index (χ1n) is 8.70. The highest BCUT2D eigenvalue weighted by atomic mass is 35.5. The first-order valence-corrected chi connectivity index (χ1v) is 9.46. The van der Waals surface area contributed by atoms with Crippen molar-refractivity contribution in [1.82, 2.24) is 4.90 Å². The van der Waals surface area contributed by atoms with Crippen LogP contribution >= 0.6 is 23.2 Å². The van der Waals surface area contributed by atoms with Crippen LogP contribution in [0.2, 0.25) is 10.0 Å². The number of nitrogens with zero attached hydrogens (tertiary/aromatic N) is 2. The van der Waals surface area contributed by atoms with Gasteiger partial charge in [0.25, 0.3) is 0 Å². The molecule has 0 spiro atoms. The average molecular weight is 381 g/mol. The van der Waals surface area contributed by atoms with Crippen molar-refractivity contribution >= 4 is 28.9 Å². The summed E-state index contributed by atoms with van der Waals surface area (Å²) >= 11 is 12.6. The molecular weight excluding hydrogens is 355 g/mol. The van der Waals surface area contributed by atoms with Gasteiger partial charge in [-0.2, -0.15) is 0 Å². The number of rotatable bonds is 9. The largest absolute Gasteiger partial charge is 0.387 e. The maximum Gasteiger partial charge on any atom is 0.0964 e. The molecule has 0 aliphatic heterocycles. The second-order valence-electron chi connectivity index (χ2n) is 6.00. The van der Waals surface area contributed by atoms with Gasteiger partial charge in [-0.25, -0.2) is 0 Å². The quantitative estimate of drug-likeness (QED) is 0.671. The third-order valence-electron chi connectivity index (χ3n) is 4.41. The predicted molar refractivity (Wildman–Crippen MR) is 108 cm³/mol. The van der Waals surface area contributed by atoms with Gasteiger partial charge in [-0.1, -0.05) is 67.4 Å². The topological polar surface area (TPSA) is 26.7 Å². The van der Waals surface area contributed by atoms with Crippen LogP contribution in [0, 0.1) is 0 Å². The lowest BCUT2D eigenvalue weighted by Gasteiger charge is -2.31. The molecule has 0 aromatic heterocycles. The first-order chi connectivity index (χ1) is 12.0. The Balaban J connectivity index is 2.20. The van der Waals surface area contributed by atoms with Crippen molar-refractivity contribution in [3.05, 3.63) is 64.1 Å². The molecule has 136 valence electrons. The summed E-state index contributed by atoms with van der Waals surface area (Å²) in [5.74, 6) is 0. The number of halogens is 2. The van der Waals surface area contributed by atoms with Crippen molar-refractivity contribution in [3.63, 3.8) is 0 Å². The number of likely N-dealkylation sites (N-methyl/N-ethyl adjacent to an activating group) is 1. The van der Waals surface area contributed by atoms with Crippen LogP contribution in [-0.2, 0) is 0 Å². The molecule has 0 saturated heterocycles. The molecule has 25 heavy (non-hydrogen) atoms. The number of aliphatic hydroxyl groups excluding tert-OH is 1. The summed E-state index contributed by atoms with van der Waals surface area (Å²) in [6, 6.07) is 15.1. The van der Waals surface area contributed by atoms with Gasteiger partial charge in [-0.3, -0.25) is 0 Å². The maximum atomic E-state index is 10.7. The molecule has 2 rings (SSSR count). The zero-order chi connectivity index (χ0) is 18.2. The van der Waals surface area contributed by atoms with E-state index in [-0.39, 0.29) is 0 Å². The van der Waals surface area contributed by atoms with Gasteiger partial charge in [-0.15, -0.1) is 0 Å². The van der Waals surface area contributed by atoms with Crippen LogP contribution in [0.15, 0.2) is 48.5 Å². The monoisotopic (exact) mass is 380 g/mol. The molecule has 2 aromatic carbocycles. The van der Waals surface area contributed by atoms with Gasteiger partial charge in [0.05, 0.1) is 16.8 Å². The molecule has 1 atom stereocenters. The Hall–Kier alpha value is -1.26. The van der Waals surface area contributed by atoms with Gasteiger partial charge in [0.1, 0.15) is 0 Å². The summed E-state index contributed by atoms with van der Waals surface area (Å²) in [5, 5.41) is 11.9. The Morgan fingerprint density at radius 2 is 1.64 bits per heavy atom. The minimum Gasteiger partial charge on any atom is -0.387 e. The van der Waals surface area contributed by atoms with E-state index in [9.17, 15) is 5.11 Å². The fourth-order valence-electron chi connectivity index (χ4n) is 2.83. The van der Waals surface area contributed by atoms with Crippen LogP contribution in [0.1, 0.15) is 25.5 Å². The highest BCUT2D eigenvalue weighted by Gasteiger charge is 2.17. The van der Waals surface area contributed by atoms with Crippen molar-refractivity contribution in [2.45, 2.75) is 20.0 Å². The highest BCUT2D eigenvalue weighted by Crippen LogP contribution is 2.30. The zero-order valence-electron chi connectivity index (χ0n) is 14.8. The molecule has 0 aliphatic rings. The maximum absolute atomic E-state index is 10.7. The van der Waals surface area contributed by atoms with E-state index in [0.29, 0.717) is 16.6 Å². The molecule has 2 aromatic rings. The minimum atomic E-state index is -0.590. The van der Waals surface area contributed by atoms with Gasteiger partial charge in [0.15, 0.2) is 0 Å². The third kappa shape index (κ3) is 5.89. The third-order valence-corrected chi connectivity index (χ3v) is 4.96. The molecule has 0 heterocycles. The van der Waals surface area contributed by atoms with Gasteiger partial charge >= 0.3 is 0 Å². The molecule has 0 amide bonds. The van der Waals surface area contributed by atoms with Crippen LogP contribution in [0.4, 0.5) is 5.69 Å². The van der Waals surface area contributed by atoms with Crippen molar-refractivity contribution < 1.29 is 5.11 Å². The van der Waals surface area contributed by atoms with Crippen molar-refractivity contribution in [1.29, 1.82) is 0 Å². The molecule has 0 unspecified atom stereocenters. The first kappa shape index (κ1) is 20.1. The number of hydrogen-bond acceptors (Lipinski definition) is 3. The van der Waals surface area contributed by atoms with Gasteiger partial charge in [0.2, 0.25) is 0 Å². The van der Waals surface area contributed by atoms with E-state index in [2.05, 4.69) is 23.6 Å². The summed E-state index contributed by atoms with van der Waals surface area (Å²) in [4.78, 5) is 4.46. The van der Waals surface area contributed by atoms with Crippen LogP contribution in [0.3, 0.4) is 0 Å².